The third-order valence-electron chi connectivity index (χ3n) is 5.95. The first-order valence-electron chi connectivity index (χ1n) is 9.46. The van der Waals surface area contributed by atoms with Crippen molar-refractivity contribution in [3.8, 4) is 0 Å². The van der Waals surface area contributed by atoms with Gasteiger partial charge in [-0.05, 0) is 69.6 Å². The van der Waals surface area contributed by atoms with Gasteiger partial charge in [0.05, 0.1) is 6.04 Å². The first-order valence-corrected chi connectivity index (χ1v) is 9.46. The molecular weight excluding hydrogens is 387 g/mol. The monoisotopic (exact) mass is 409 g/mol. The molecule has 0 aliphatic carbocycles. The molecule has 0 aromatic carbocycles. The summed E-state index contributed by atoms with van der Waals surface area (Å²) in [5, 5.41) is 13.4. The molecule has 0 amide bonds. The average molecular weight is 409 g/mol. The maximum absolute atomic E-state index is 12.1. The molecule has 0 aromatic heterocycles. The van der Waals surface area contributed by atoms with E-state index in [0.29, 0.717) is 12.8 Å². The van der Waals surface area contributed by atoms with Gasteiger partial charge >= 0.3 is 5.97 Å². The molecule has 7 heteroatoms. The van der Waals surface area contributed by atoms with Crippen LogP contribution in [-0.2, 0) is 21.6 Å². The number of nitrogens with one attached hydrogen (secondary N) is 1. The maximum atomic E-state index is 12.1. The van der Waals surface area contributed by atoms with Crippen molar-refractivity contribution in [1.29, 1.82) is 0 Å². The quantitative estimate of drug-likeness (QED) is 0.698. The number of rotatable bonds is 1. The number of allylic oxidation sites excluding steroid dienone is 6. The maximum Gasteiger partial charge on any atom is 0.333 e. The Morgan fingerprint density at radius 1 is 1.00 bits per heavy atom. The van der Waals surface area contributed by atoms with E-state index in [1.807, 2.05) is 6.08 Å². The van der Waals surface area contributed by atoms with Gasteiger partial charge in [0.1, 0.15) is 0 Å². The zero-order chi connectivity index (χ0) is 17.7. The van der Waals surface area contributed by atoms with Crippen molar-refractivity contribution >= 4 is 23.1 Å². The third kappa shape index (κ3) is 3.23. The van der Waals surface area contributed by atoms with Crippen molar-refractivity contribution in [3.05, 3.63) is 35.3 Å². The third-order valence-corrected chi connectivity index (χ3v) is 5.95. The van der Waals surface area contributed by atoms with E-state index in [1.54, 1.807) is 0 Å². The second kappa shape index (κ2) is 6.87. The summed E-state index contributed by atoms with van der Waals surface area (Å²) in [7, 11) is 0. The van der Waals surface area contributed by atoms with Gasteiger partial charge in [-0.15, -0.1) is 0 Å². The molecule has 1 fully saturated rings. The summed E-state index contributed by atoms with van der Waals surface area (Å²) >= 11 is 0. The zero-order valence-corrected chi connectivity index (χ0v) is 16.0. The molecule has 1 saturated heterocycles. The van der Waals surface area contributed by atoms with Gasteiger partial charge in [-0.1, -0.05) is 0 Å². The van der Waals surface area contributed by atoms with E-state index in [9.17, 15) is 9.90 Å². The number of hydrogen-bond acceptors (Lipinski definition) is 5. The van der Waals surface area contributed by atoms with Crippen LogP contribution < -0.4 is 5.32 Å². The Morgan fingerprint density at radius 2 is 1.78 bits per heavy atom. The summed E-state index contributed by atoms with van der Waals surface area (Å²) in [6, 6.07) is -0.275. The van der Waals surface area contributed by atoms with Crippen LogP contribution in [-0.4, -0.2) is 39.8 Å². The van der Waals surface area contributed by atoms with Gasteiger partial charge in [-0.2, -0.15) is 0 Å². The van der Waals surface area contributed by atoms with E-state index >= 15 is 0 Å². The molecule has 2 N–H and O–H groups in total. The van der Waals surface area contributed by atoms with Gasteiger partial charge in [0.25, 0.3) is 0 Å². The standard InChI is InChI=1S/C20H22N4O2.Co/c25-19(26)20-8-7-17(24-20)11-15-4-3-13(22-15)9-12-1-2-14(21-12)10-16-5-6-18(20)23-16;/h9-11,18,22H,1-8H2,(H,25,26);. The summed E-state index contributed by atoms with van der Waals surface area (Å²) in [4.78, 5) is 26.4. The van der Waals surface area contributed by atoms with Crippen LogP contribution >= 0.6 is 0 Å². The van der Waals surface area contributed by atoms with Crippen LogP contribution in [0.15, 0.2) is 50.3 Å². The van der Waals surface area contributed by atoms with Crippen molar-refractivity contribution < 1.29 is 26.7 Å². The first-order chi connectivity index (χ1) is 12.6. The molecule has 5 aliphatic rings. The van der Waals surface area contributed by atoms with Crippen LogP contribution in [0.1, 0.15) is 51.4 Å². The second-order valence-corrected chi connectivity index (χ2v) is 7.71. The molecule has 0 spiro atoms. The SMILES string of the molecule is O=C(O)C12CCC(=N1)C=C1CCC(=CC3=NC(=CC4=NC2CC4)CC3)N1.[Co]. The molecule has 5 aliphatic heterocycles. The minimum absolute atomic E-state index is 0. The van der Waals surface area contributed by atoms with Crippen LogP contribution in [0.4, 0.5) is 0 Å². The molecule has 8 bridgehead atoms. The number of aliphatic carboxylic acids is 1. The number of fused-ring (bicyclic) bond motifs is 6. The van der Waals surface area contributed by atoms with Crippen molar-refractivity contribution in [1.82, 2.24) is 5.32 Å². The Kier molecular flexibility index (Phi) is 4.68. The Morgan fingerprint density at radius 3 is 2.56 bits per heavy atom. The first kappa shape index (κ1) is 18.4. The molecule has 5 rings (SSSR count). The van der Waals surface area contributed by atoms with Gasteiger partial charge in [0.15, 0.2) is 5.54 Å². The van der Waals surface area contributed by atoms with Crippen LogP contribution in [0.3, 0.4) is 0 Å². The Hall–Kier alpha value is -1.99. The molecule has 143 valence electrons. The van der Waals surface area contributed by atoms with Crippen LogP contribution in [0.2, 0.25) is 0 Å². The fourth-order valence-electron chi connectivity index (χ4n) is 4.57. The van der Waals surface area contributed by atoms with Crippen molar-refractivity contribution in [3.63, 3.8) is 0 Å². The van der Waals surface area contributed by atoms with Crippen LogP contribution in [0.5, 0.6) is 0 Å². The van der Waals surface area contributed by atoms with Crippen molar-refractivity contribution in [2.24, 2.45) is 15.0 Å². The second-order valence-electron chi connectivity index (χ2n) is 7.71. The zero-order valence-electron chi connectivity index (χ0n) is 15.0. The summed E-state index contributed by atoms with van der Waals surface area (Å²) < 4.78 is 0. The van der Waals surface area contributed by atoms with Gasteiger partial charge < -0.3 is 10.4 Å². The van der Waals surface area contributed by atoms with Crippen molar-refractivity contribution in [2.45, 2.75) is 62.9 Å². The largest absolute Gasteiger partial charge is 0.479 e. The van der Waals surface area contributed by atoms with E-state index in [1.165, 1.54) is 5.70 Å². The number of carboxylic acids is 1. The molecule has 0 saturated carbocycles. The van der Waals surface area contributed by atoms with Gasteiger partial charge in [-0.3, -0.25) is 15.0 Å². The van der Waals surface area contributed by atoms with Crippen LogP contribution in [0, 0.1) is 0 Å². The van der Waals surface area contributed by atoms with E-state index in [4.69, 9.17) is 15.0 Å². The van der Waals surface area contributed by atoms with Crippen molar-refractivity contribution in [2.75, 3.05) is 0 Å². The summed E-state index contributed by atoms with van der Waals surface area (Å²) in [6.07, 6.45) is 12.9. The topological polar surface area (TPSA) is 86.4 Å². The summed E-state index contributed by atoms with van der Waals surface area (Å²) in [5.41, 5.74) is 5.23. The Bertz CT molecular complexity index is 880. The van der Waals surface area contributed by atoms with Crippen LogP contribution in [0.25, 0.3) is 0 Å². The molecule has 2 atom stereocenters. The molecule has 5 heterocycles. The molecular formula is C20H22CoN4O2. The predicted molar refractivity (Wildman–Crippen MR) is 101 cm³/mol. The van der Waals surface area contributed by atoms with Gasteiger partial charge in [0.2, 0.25) is 0 Å². The Balaban J connectivity index is 0.00000180. The molecule has 6 nitrogen and oxygen atoms in total. The fraction of sp³-hybridized carbons (Fsp3) is 0.500. The number of carbonyl (C=O) groups is 1. The smallest absolute Gasteiger partial charge is 0.333 e. The number of carboxylic acid groups (broad SMARTS) is 1. The minimum Gasteiger partial charge on any atom is -0.479 e. The normalized spacial score (nSPS) is 31.2. The van der Waals surface area contributed by atoms with E-state index in [2.05, 4.69) is 17.5 Å². The Labute approximate surface area is 168 Å². The summed E-state index contributed by atoms with van der Waals surface area (Å²) in [6.45, 7) is 0. The number of nitrogens with zero attached hydrogens (tertiary/aromatic N) is 3. The van der Waals surface area contributed by atoms with Gasteiger partial charge in [0, 0.05) is 51.0 Å². The minimum atomic E-state index is -1.10. The van der Waals surface area contributed by atoms with E-state index in [0.717, 1.165) is 67.1 Å². The van der Waals surface area contributed by atoms with Gasteiger partial charge in [-0.25, -0.2) is 4.79 Å². The fourth-order valence-corrected chi connectivity index (χ4v) is 4.57. The molecule has 1 radical (unpaired) electrons. The predicted octanol–water partition coefficient (Wildman–Crippen LogP) is 2.93. The van der Waals surface area contributed by atoms with E-state index < -0.39 is 11.5 Å². The summed E-state index contributed by atoms with van der Waals surface area (Å²) in [5.74, 6) is -0.848. The number of aliphatic imine (C=N–C) groups is 3. The average Bonchev–Trinajstić information content (AvgIpc) is 3.36. The number of hydrogen-bond donors (Lipinski definition) is 2. The van der Waals surface area contributed by atoms with E-state index in [-0.39, 0.29) is 22.8 Å². The molecule has 0 aromatic rings. The molecule has 2 unspecified atom stereocenters. The molecule has 27 heavy (non-hydrogen) atoms.